The van der Waals surface area contributed by atoms with Gasteiger partial charge in [0, 0.05) is 16.0 Å². The fraction of sp³-hybridized carbons (Fsp3) is 0.182. The van der Waals surface area contributed by atoms with Gasteiger partial charge in [-0.1, -0.05) is 51.3 Å². The predicted molar refractivity (Wildman–Crippen MR) is 133 cm³/mol. The highest BCUT2D eigenvalue weighted by Crippen LogP contribution is 2.35. The molecule has 0 saturated heterocycles. The smallest absolute Gasteiger partial charge is 0.174 e. The van der Waals surface area contributed by atoms with Crippen LogP contribution in [-0.2, 0) is 13.2 Å². The van der Waals surface area contributed by atoms with Crippen molar-refractivity contribution in [2.75, 3.05) is 11.9 Å². The molecule has 0 atom stereocenters. The molecule has 29 heavy (non-hydrogen) atoms. The van der Waals surface area contributed by atoms with Gasteiger partial charge in [0.05, 0.1) is 20.9 Å². The molecule has 0 fully saturated rings. The summed E-state index contributed by atoms with van der Waals surface area (Å²) in [7, 11) is 0. The molecule has 3 aromatic rings. The standard InChI is InChI=1S/C22H19BrCl2INO2/c1-2-28-21-10-15(12-27-20-8-7-17(24)11-18(20)25)9-19(26)22(21)29-13-14-3-5-16(23)6-4-14/h3-11,27H,2,12-13H2,1H3. The minimum Gasteiger partial charge on any atom is -0.490 e. The maximum Gasteiger partial charge on any atom is 0.174 e. The molecule has 3 nitrogen and oxygen atoms in total. The van der Waals surface area contributed by atoms with E-state index >= 15 is 0 Å². The molecule has 3 rings (SSSR count). The molecule has 0 heterocycles. The number of hydrogen-bond donors (Lipinski definition) is 1. The molecule has 0 aliphatic heterocycles. The number of hydrogen-bond acceptors (Lipinski definition) is 3. The van der Waals surface area contributed by atoms with Crippen LogP contribution < -0.4 is 14.8 Å². The van der Waals surface area contributed by atoms with Gasteiger partial charge < -0.3 is 14.8 Å². The Morgan fingerprint density at radius 3 is 2.41 bits per heavy atom. The average molecular weight is 607 g/mol. The van der Waals surface area contributed by atoms with E-state index in [1.165, 1.54) is 0 Å². The second-order valence-electron chi connectivity index (χ2n) is 6.23. The normalized spacial score (nSPS) is 10.7. The van der Waals surface area contributed by atoms with E-state index in [2.05, 4.69) is 49.9 Å². The van der Waals surface area contributed by atoms with Crippen LogP contribution in [0.1, 0.15) is 18.1 Å². The van der Waals surface area contributed by atoms with E-state index in [1.807, 2.05) is 49.4 Å². The van der Waals surface area contributed by atoms with Crippen molar-refractivity contribution in [1.82, 2.24) is 0 Å². The highest BCUT2D eigenvalue weighted by molar-refractivity contribution is 14.1. The van der Waals surface area contributed by atoms with Crippen LogP contribution in [-0.4, -0.2) is 6.61 Å². The van der Waals surface area contributed by atoms with Gasteiger partial charge in [-0.2, -0.15) is 0 Å². The number of benzene rings is 3. The lowest BCUT2D eigenvalue weighted by Crippen LogP contribution is -2.05. The van der Waals surface area contributed by atoms with Crippen LogP contribution in [0.3, 0.4) is 0 Å². The van der Waals surface area contributed by atoms with Crippen LogP contribution in [0.15, 0.2) is 59.1 Å². The molecule has 0 spiro atoms. The van der Waals surface area contributed by atoms with Crippen molar-refractivity contribution in [3.05, 3.63) is 83.8 Å². The quantitative estimate of drug-likeness (QED) is 0.264. The average Bonchev–Trinajstić information content (AvgIpc) is 2.68. The Morgan fingerprint density at radius 2 is 1.72 bits per heavy atom. The number of ether oxygens (including phenoxy) is 2. The lowest BCUT2D eigenvalue weighted by atomic mass is 10.2. The first-order chi connectivity index (χ1) is 14.0. The molecular formula is C22H19BrCl2INO2. The predicted octanol–water partition coefficient (Wildman–Crippen LogP) is 7.95. The summed E-state index contributed by atoms with van der Waals surface area (Å²) >= 11 is 17.9. The zero-order chi connectivity index (χ0) is 20.8. The summed E-state index contributed by atoms with van der Waals surface area (Å²) in [6.45, 7) is 3.60. The van der Waals surface area contributed by atoms with Gasteiger partial charge in [-0.25, -0.2) is 0 Å². The first-order valence-electron chi connectivity index (χ1n) is 8.97. The Kier molecular flexibility index (Phi) is 8.35. The molecule has 1 N–H and O–H groups in total. The first-order valence-corrected chi connectivity index (χ1v) is 11.6. The largest absolute Gasteiger partial charge is 0.490 e. The molecule has 7 heteroatoms. The summed E-state index contributed by atoms with van der Waals surface area (Å²) in [5, 5.41) is 4.54. The van der Waals surface area contributed by atoms with Gasteiger partial charge >= 0.3 is 0 Å². The third-order valence-electron chi connectivity index (χ3n) is 4.08. The summed E-state index contributed by atoms with van der Waals surface area (Å²) in [5.74, 6) is 1.49. The van der Waals surface area contributed by atoms with Crippen molar-refractivity contribution < 1.29 is 9.47 Å². The van der Waals surface area contributed by atoms with Crippen molar-refractivity contribution in [1.29, 1.82) is 0 Å². The maximum absolute atomic E-state index is 6.25. The molecule has 152 valence electrons. The SMILES string of the molecule is CCOc1cc(CNc2ccc(Cl)cc2Cl)cc(I)c1OCc1ccc(Br)cc1. The number of nitrogens with one attached hydrogen (secondary N) is 1. The maximum atomic E-state index is 6.25. The van der Waals surface area contributed by atoms with Gasteiger partial charge in [0.2, 0.25) is 0 Å². The molecule has 0 radical (unpaired) electrons. The molecule has 0 amide bonds. The fourth-order valence-corrected chi connectivity index (χ4v) is 4.25. The first kappa shape index (κ1) is 22.5. The van der Waals surface area contributed by atoms with E-state index in [-0.39, 0.29) is 0 Å². The van der Waals surface area contributed by atoms with Gasteiger partial charge in [0.15, 0.2) is 11.5 Å². The molecule has 0 bridgehead atoms. The van der Waals surface area contributed by atoms with Crippen LogP contribution >= 0.6 is 61.7 Å². The van der Waals surface area contributed by atoms with Crippen molar-refractivity contribution in [3.63, 3.8) is 0 Å². The Morgan fingerprint density at radius 1 is 0.966 bits per heavy atom. The van der Waals surface area contributed by atoms with E-state index in [0.29, 0.717) is 29.8 Å². The number of anilines is 1. The van der Waals surface area contributed by atoms with E-state index in [9.17, 15) is 0 Å². The van der Waals surface area contributed by atoms with Crippen LogP contribution in [0.2, 0.25) is 10.0 Å². The lowest BCUT2D eigenvalue weighted by molar-refractivity contribution is 0.267. The molecule has 0 saturated carbocycles. The van der Waals surface area contributed by atoms with E-state index < -0.39 is 0 Å². The Labute approximate surface area is 203 Å². The second-order valence-corrected chi connectivity index (χ2v) is 9.15. The van der Waals surface area contributed by atoms with Crippen LogP contribution in [0.25, 0.3) is 0 Å². The summed E-state index contributed by atoms with van der Waals surface area (Å²) in [6, 6.07) is 17.6. The Bertz CT molecular complexity index is 983. The minimum atomic E-state index is 0.474. The third kappa shape index (κ3) is 6.41. The molecule has 0 aromatic heterocycles. The van der Waals surface area contributed by atoms with Gasteiger partial charge in [-0.05, 0) is 83.1 Å². The van der Waals surface area contributed by atoms with E-state index in [0.717, 1.165) is 36.4 Å². The summed E-state index contributed by atoms with van der Waals surface area (Å²) in [5.41, 5.74) is 2.99. The van der Waals surface area contributed by atoms with E-state index in [4.69, 9.17) is 32.7 Å². The Balaban J connectivity index is 1.75. The highest BCUT2D eigenvalue weighted by Gasteiger charge is 2.13. The fourth-order valence-electron chi connectivity index (χ4n) is 2.69. The van der Waals surface area contributed by atoms with Gasteiger partial charge in [0.25, 0.3) is 0 Å². The summed E-state index contributed by atoms with van der Waals surface area (Å²) in [6.07, 6.45) is 0. The number of rotatable bonds is 8. The molecular weight excluding hydrogens is 588 g/mol. The van der Waals surface area contributed by atoms with Gasteiger partial charge in [0.1, 0.15) is 6.61 Å². The highest BCUT2D eigenvalue weighted by atomic mass is 127. The number of halogens is 4. The zero-order valence-electron chi connectivity index (χ0n) is 15.6. The Hall–Kier alpha value is -1.15. The van der Waals surface area contributed by atoms with Crippen molar-refractivity contribution in [3.8, 4) is 11.5 Å². The van der Waals surface area contributed by atoms with Gasteiger partial charge in [-0.3, -0.25) is 0 Å². The zero-order valence-corrected chi connectivity index (χ0v) is 20.9. The van der Waals surface area contributed by atoms with E-state index in [1.54, 1.807) is 6.07 Å². The molecule has 3 aromatic carbocycles. The monoisotopic (exact) mass is 605 g/mol. The summed E-state index contributed by atoms with van der Waals surface area (Å²) in [4.78, 5) is 0. The van der Waals surface area contributed by atoms with Crippen molar-refractivity contribution in [2.24, 2.45) is 0 Å². The third-order valence-corrected chi connectivity index (χ3v) is 5.96. The van der Waals surface area contributed by atoms with Crippen LogP contribution in [0, 0.1) is 3.57 Å². The molecule has 0 aliphatic rings. The van der Waals surface area contributed by atoms with Crippen molar-refractivity contribution in [2.45, 2.75) is 20.1 Å². The molecule has 0 unspecified atom stereocenters. The van der Waals surface area contributed by atoms with Crippen LogP contribution in [0.5, 0.6) is 11.5 Å². The minimum absolute atomic E-state index is 0.474. The van der Waals surface area contributed by atoms with Crippen molar-refractivity contribution >= 4 is 67.4 Å². The molecule has 0 aliphatic carbocycles. The van der Waals surface area contributed by atoms with Crippen LogP contribution in [0.4, 0.5) is 5.69 Å². The lowest BCUT2D eigenvalue weighted by Gasteiger charge is -2.16. The summed E-state index contributed by atoms with van der Waals surface area (Å²) < 4.78 is 14.0. The van der Waals surface area contributed by atoms with Gasteiger partial charge in [-0.15, -0.1) is 0 Å². The second kappa shape index (κ2) is 10.8. The topological polar surface area (TPSA) is 30.5 Å².